The van der Waals surface area contributed by atoms with Crippen LogP contribution in [0.5, 0.6) is 0 Å². The van der Waals surface area contributed by atoms with Crippen LogP contribution >= 0.6 is 11.3 Å². The average Bonchev–Trinajstić information content (AvgIpc) is 3.02. The van der Waals surface area contributed by atoms with E-state index in [1.165, 1.54) is 23.0 Å². The Morgan fingerprint density at radius 1 is 1.15 bits per heavy atom. The van der Waals surface area contributed by atoms with Gasteiger partial charge in [-0.25, -0.2) is 9.78 Å². The summed E-state index contributed by atoms with van der Waals surface area (Å²) in [6.45, 7) is 4.04. The van der Waals surface area contributed by atoms with Crippen molar-refractivity contribution in [1.29, 1.82) is 0 Å². The van der Waals surface area contributed by atoms with Crippen LogP contribution in [0.15, 0.2) is 41.2 Å². The fraction of sp³-hybridized carbons (Fsp3) is 0.158. The fourth-order valence-electron chi connectivity index (χ4n) is 2.97. The first-order valence-corrected chi connectivity index (χ1v) is 9.03. The monoisotopic (exact) mass is 380 g/mol. The molecule has 0 spiro atoms. The van der Waals surface area contributed by atoms with Gasteiger partial charge in [0, 0.05) is 5.69 Å². The molecule has 0 bridgehead atoms. The van der Waals surface area contributed by atoms with Crippen LogP contribution in [0.3, 0.4) is 0 Å². The summed E-state index contributed by atoms with van der Waals surface area (Å²) in [4.78, 5) is 29.4. The second-order valence-corrected chi connectivity index (χ2v) is 7.20. The van der Waals surface area contributed by atoms with E-state index in [9.17, 15) is 9.59 Å². The SMILES string of the molecule is COC(=O)c1ccc2c(=O)n3nc(Nc4cc(C)cc(C)c4)sc3nc2c1. The van der Waals surface area contributed by atoms with Gasteiger partial charge >= 0.3 is 5.97 Å². The number of nitrogens with zero attached hydrogens (tertiary/aromatic N) is 3. The van der Waals surface area contributed by atoms with Gasteiger partial charge in [0.25, 0.3) is 5.56 Å². The lowest BCUT2D eigenvalue weighted by atomic mass is 10.1. The first kappa shape index (κ1) is 17.2. The van der Waals surface area contributed by atoms with Crippen LogP contribution < -0.4 is 10.9 Å². The molecule has 7 nitrogen and oxygen atoms in total. The van der Waals surface area contributed by atoms with Gasteiger partial charge in [0.15, 0.2) is 0 Å². The number of fused-ring (bicyclic) bond motifs is 2. The van der Waals surface area contributed by atoms with Gasteiger partial charge in [0.2, 0.25) is 10.1 Å². The number of aromatic nitrogens is 3. The summed E-state index contributed by atoms with van der Waals surface area (Å²) >= 11 is 1.27. The largest absolute Gasteiger partial charge is 0.465 e. The standard InChI is InChI=1S/C19H16N4O3S/c1-10-6-11(2)8-13(7-10)20-18-22-23-16(24)14-5-4-12(17(25)26-3)9-15(14)21-19(23)27-18/h4-9H,1-3H3,(H,20,22). The van der Waals surface area contributed by atoms with Crippen LogP contribution in [-0.2, 0) is 4.74 Å². The highest BCUT2D eigenvalue weighted by Crippen LogP contribution is 2.24. The molecule has 0 aliphatic heterocycles. The van der Waals surface area contributed by atoms with Crippen LogP contribution in [0.4, 0.5) is 10.8 Å². The third kappa shape index (κ3) is 3.15. The minimum Gasteiger partial charge on any atom is -0.465 e. The Hall–Kier alpha value is -3.26. The second kappa shape index (κ2) is 6.48. The topological polar surface area (TPSA) is 85.6 Å². The van der Waals surface area contributed by atoms with Gasteiger partial charge in [-0.3, -0.25) is 4.79 Å². The van der Waals surface area contributed by atoms with Crippen molar-refractivity contribution in [2.45, 2.75) is 13.8 Å². The van der Waals surface area contributed by atoms with Crippen molar-refractivity contribution in [3.8, 4) is 0 Å². The molecule has 2 heterocycles. The molecule has 0 amide bonds. The molecule has 0 saturated heterocycles. The summed E-state index contributed by atoms with van der Waals surface area (Å²) in [5.41, 5.74) is 3.67. The van der Waals surface area contributed by atoms with Crippen molar-refractivity contribution in [2.75, 3.05) is 12.4 Å². The Bertz CT molecular complexity index is 1240. The number of hydrogen-bond donors (Lipinski definition) is 1. The first-order valence-electron chi connectivity index (χ1n) is 8.22. The second-order valence-electron chi connectivity index (χ2n) is 6.24. The summed E-state index contributed by atoms with van der Waals surface area (Å²) in [7, 11) is 1.31. The van der Waals surface area contributed by atoms with Gasteiger partial charge in [-0.05, 0) is 55.3 Å². The average molecular weight is 380 g/mol. The quantitative estimate of drug-likeness (QED) is 0.548. The highest BCUT2D eigenvalue weighted by atomic mass is 32.1. The van der Waals surface area contributed by atoms with Crippen LogP contribution in [0.1, 0.15) is 21.5 Å². The molecule has 0 aliphatic rings. The molecule has 1 N–H and O–H groups in total. The van der Waals surface area contributed by atoms with Gasteiger partial charge in [-0.1, -0.05) is 17.4 Å². The van der Waals surface area contributed by atoms with Gasteiger partial charge in [0.1, 0.15) is 0 Å². The van der Waals surface area contributed by atoms with Gasteiger partial charge in [-0.2, -0.15) is 4.52 Å². The van der Waals surface area contributed by atoms with Gasteiger partial charge in [0.05, 0.1) is 23.6 Å². The number of aryl methyl sites for hydroxylation is 2. The highest BCUT2D eigenvalue weighted by Gasteiger charge is 2.14. The minimum absolute atomic E-state index is 0.281. The van der Waals surface area contributed by atoms with E-state index >= 15 is 0 Å². The highest BCUT2D eigenvalue weighted by molar-refractivity contribution is 7.20. The summed E-state index contributed by atoms with van der Waals surface area (Å²) in [5, 5.41) is 8.53. The molecule has 4 aromatic rings. The van der Waals surface area contributed by atoms with E-state index in [-0.39, 0.29) is 5.56 Å². The number of ether oxygens (including phenoxy) is 1. The molecule has 4 rings (SSSR count). The maximum Gasteiger partial charge on any atom is 0.337 e. The van der Waals surface area contributed by atoms with Crippen molar-refractivity contribution in [3.63, 3.8) is 0 Å². The van der Waals surface area contributed by atoms with Crippen molar-refractivity contribution in [2.24, 2.45) is 0 Å². The molecule has 0 saturated carbocycles. The molecule has 0 atom stereocenters. The number of esters is 1. The Morgan fingerprint density at radius 2 is 1.89 bits per heavy atom. The van der Waals surface area contributed by atoms with E-state index in [1.54, 1.807) is 18.2 Å². The molecule has 2 aromatic heterocycles. The third-order valence-electron chi connectivity index (χ3n) is 4.09. The Morgan fingerprint density at radius 3 is 2.59 bits per heavy atom. The van der Waals surface area contributed by atoms with Gasteiger partial charge < -0.3 is 10.1 Å². The molecule has 2 aromatic carbocycles. The fourth-order valence-corrected chi connectivity index (χ4v) is 3.79. The summed E-state index contributed by atoms with van der Waals surface area (Å²) in [6, 6.07) is 10.8. The van der Waals surface area contributed by atoms with Crippen molar-refractivity contribution >= 4 is 44.0 Å². The molecular formula is C19H16N4O3S. The maximum atomic E-state index is 12.7. The molecule has 0 unspecified atom stereocenters. The lowest BCUT2D eigenvalue weighted by Crippen LogP contribution is -2.15. The summed E-state index contributed by atoms with van der Waals surface area (Å²) in [6.07, 6.45) is 0. The number of carbonyl (C=O) groups is 1. The predicted octanol–water partition coefficient (Wildman–Crippen LogP) is 3.45. The third-order valence-corrected chi connectivity index (χ3v) is 4.91. The van der Waals surface area contributed by atoms with Crippen LogP contribution in [0.25, 0.3) is 15.9 Å². The molecule has 0 aliphatic carbocycles. The molecular weight excluding hydrogens is 364 g/mol. The van der Waals surface area contributed by atoms with E-state index in [2.05, 4.69) is 21.5 Å². The molecule has 8 heteroatoms. The lowest BCUT2D eigenvalue weighted by molar-refractivity contribution is 0.0601. The number of nitrogens with one attached hydrogen (secondary N) is 1. The normalized spacial score (nSPS) is 11.1. The van der Waals surface area contributed by atoms with Crippen LogP contribution in [0.2, 0.25) is 0 Å². The molecule has 0 radical (unpaired) electrons. The minimum atomic E-state index is -0.472. The molecule has 0 fully saturated rings. The van der Waals surface area contributed by atoms with Crippen LogP contribution in [-0.4, -0.2) is 27.7 Å². The Labute approximate surface area is 158 Å². The zero-order valence-corrected chi connectivity index (χ0v) is 15.8. The smallest absolute Gasteiger partial charge is 0.337 e. The lowest BCUT2D eigenvalue weighted by Gasteiger charge is -2.04. The molecule has 27 heavy (non-hydrogen) atoms. The van der Waals surface area contributed by atoms with E-state index < -0.39 is 5.97 Å². The zero-order chi connectivity index (χ0) is 19.1. The number of anilines is 2. The molecule has 136 valence electrons. The van der Waals surface area contributed by atoms with E-state index in [4.69, 9.17) is 4.74 Å². The number of benzene rings is 2. The zero-order valence-electron chi connectivity index (χ0n) is 14.9. The van der Waals surface area contributed by atoms with E-state index in [0.29, 0.717) is 26.6 Å². The maximum absolute atomic E-state index is 12.7. The number of hydrogen-bond acceptors (Lipinski definition) is 7. The van der Waals surface area contributed by atoms with Gasteiger partial charge in [-0.15, -0.1) is 5.10 Å². The van der Waals surface area contributed by atoms with Crippen molar-refractivity contribution in [3.05, 3.63) is 63.4 Å². The number of carbonyl (C=O) groups excluding carboxylic acids is 1. The summed E-state index contributed by atoms with van der Waals surface area (Å²) < 4.78 is 6.00. The van der Waals surface area contributed by atoms with Crippen molar-refractivity contribution in [1.82, 2.24) is 14.6 Å². The Balaban J connectivity index is 1.81. The number of rotatable bonds is 3. The predicted molar refractivity (Wildman–Crippen MR) is 105 cm³/mol. The van der Waals surface area contributed by atoms with E-state index in [1.807, 2.05) is 26.0 Å². The Kier molecular flexibility index (Phi) is 4.12. The first-order chi connectivity index (χ1) is 12.9. The summed E-state index contributed by atoms with van der Waals surface area (Å²) in [5.74, 6) is -0.472. The van der Waals surface area contributed by atoms with E-state index in [0.717, 1.165) is 16.8 Å². The van der Waals surface area contributed by atoms with Crippen LogP contribution in [0, 0.1) is 13.8 Å². The number of methoxy groups -OCH3 is 1. The van der Waals surface area contributed by atoms with Crippen molar-refractivity contribution < 1.29 is 9.53 Å².